The molecule has 3 nitrogen and oxygen atoms in total. The zero-order valence-electron chi connectivity index (χ0n) is 8.12. The highest BCUT2D eigenvalue weighted by Crippen LogP contribution is 2.31. The van der Waals surface area contributed by atoms with Crippen molar-refractivity contribution in [1.29, 1.82) is 0 Å². The molecular weight excluding hydrogens is 187 g/mol. The average Bonchev–Trinajstić information content (AvgIpc) is 2.17. The summed E-state index contributed by atoms with van der Waals surface area (Å²) in [6, 6.07) is 4.22. The summed E-state index contributed by atoms with van der Waals surface area (Å²) in [6.45, 7) is 0.762. The largest absolute Gasteiger partial charge is 0.496 e. The van der Waals surface area contributed by atoms with Crippen LogP contribution < -0.4 is 4.74 Å². The lowest BCUT2D eigenvalue weighted by molar-refractivity contribution is -0.00690. The molecule has 0 amide bonds. The van der Waals surface area contributed by atoms with E-state index in [4.69, 9.17) is 9.84 Å². The summed E-state index contributed by atoms with van der Waals surface area (Å²) in [5, 5.41) is 18.6. The molecule has 78 valence electrons. The van der Waals surface area contributed by atoms with Gasteiger partial charge in [-0.2, -0.15) is 0 Å². The van der Waals surface area contributed by atoms with E-state index < -0.39 is 18.0 Å². The zero-order chi connectivity index (χ0) is 10.8. The highest BCUT2D eigenvalue weighted by molar-refractivity contribution is 5.38. The Balaban J connectivity index is 3.30. The Morgan fingerprint density at radius 1 is 1.50 bits per heavy atom. The molecule has 0 saturated carbocycles. The fraction of sp³-hybridized carbons (Fsp3) is 0.400. The Bertz CT molecular complexity index is 323. The van der Waals surface area contributed by atoms with Crippen LogP contribution in [-0.2, 0) is 5.60 Å². The highest BCUT2D eigenvalue weighted by atomic mass is 19.1. The first-order valence-corrected chi connectivity index (χ1v) is 4.19. The molecule has 1 rings (SSSR count). The van der Waals surface area contributed by atoms with Gasteiger partial charge in [-0.15, -0.1) is 0 Å². The second-order valence-corrected chi connectivity index (χ2v) is 3.25. The number of rotatable bonds is 3. The number of hydrogen-bond acceptors (Lipinski definition) is 3. The minimum atomic E-state index is -1.63. The Hall–Kier alpha value is -1.13. The van der Waals surface area contributed by atoms with Crippen molar-refractivity contribution in [3.8, 4) is 5.75 Å². The fourth-order valence-electron chi connectivity index (χ4n) is 1.28. The summed E-state index contributed by atoms with van der Waals surface area (Å²) in [4.78, 5) is 0. The maximum absolute atomic E-state index is 13.4. The van der Waals surface area contributed by atoms with Crippen LogP contribution in [0.4, 0.5) is 4.39 Å². The first-order chi connectivity index (χ1) is 6.53. The minimum Gasteiger partial charge on any atom is -0.496 e. The number of hydrogen-bond donors (Lipinski definition) is 2. The third-order valence-corrected chi connectivity index (χ3v) is 2.04. The molecule has 0 spiro atoms. The SMILES string of the molecule is COc1cccc(F)c1C(C)(O)CO. The number of halogens is 1. The molecule has 1 aromatic carbocycles. The van der Waals surface area contributed by atoms with E-state index in [1.165, 1.54) is 32.2 Å². The van der Waals surface area contributed by atoms with E-state index in [1.54, 1.807) is 0 Å². The van der Waals surface area contributed by atoms with E-state index in [9.17, 15) is 9.50 Å². The van der Waals surface area contributed by atoms with Crippen LogP contribution in [0.3, 0.4) is 0 Å². The number of methoxy groups -OCH3 is 1. The standard InChI is InChI=1S/C10H13FO3/c1-10(13,6-12)9-7(11)4-3-5-8(9)14-2/h3-5,12-13H,6H2,1-2H3. The van der Waals surface area contributed by atoms with Gasteiger partial charge in [0.05, 0.1) is 19.3 Å². The first kappa shape index (κ1) is 10.9. The number of ether oxygens (including phenoxy) is 1. The van der Waals surface area contributed by atoms with Crippen LogP contribution in [-0.4, -0.2) is 23.9 Å². The smallest absolute Gasteiger partial charge is 0.133 e. The monoisotopic (exact) mass is 200 g/mol. The third kappa shape index (κ3) is 1.86. The molecule has 0 heterocycles. The zero-order valence-corrected chi connectivity index (χ0v) is 8.12. The lowest BCUT2D eigenvalue weighted by Crippen LogP contribution is -2.27. The summed E-state index contributed by atoms with van der Waals surface area (Å²) in [5.74, 6) is -0.368. The quantitative estimate of drug-likeness (QED) is 0.766. The predicted molar refractivity (Wildman–Crippen MR) is 49.6 cm³/mol. The molecule has 4 heteroatoms. The van der Waals surface area contributed by atoms with Crippen LogP contribution in [0, 0.1) is 5.82 Å². The van der Waals surface area contributed by atoms with Crippen LogP contribution in [0.25, 0.3) is 0 Å². The summed E-state index contributed by atoms with van der Waals surface area (Å²) >= 11 is 0. The molecule has 0 aliphatic rings. The number of aliphatic hydroxyl groups is 2. The highest BCUT2D eigenvalue weighted by Gasteiger charge is 2.29. The number of aliphatic hydroxyl groups excluding tert-OH is 1. The molecule has 0 fully saturated rings. The van der Waals surface area contributed by atoms with Crippen molar-refractivity contribution >= 4 is 0 Å². The molecule has 1 atom stereocenters. The van der Waals surface area contributed by atoms with E-state index in [0.29, 0.717) is 0 Å². The lowest BCUT2D eigenvalue weighted by atomic mass is 9.95. The number of benzene rings is 1. The fourth-order valence-corrected chi connectivity index (χ4v) is 1.28. The predicted octanol–water partition coefficient (Wildman–Crippen LogP) is 1.03. The summed E-state index contributed by atoms with van der Waals surface area (Å²) in [7, 11) is 1.38. The average molecular weight is 200 g/mol. The van der Waals surface area contributed by atoms with Crippen molar-refractivity contribution in [3.05, 3.63) is 29.6 Å². The second-order valence-electron chi connectivity index (χ2n) is 3.25. The lowest BCUT2D eigenvalue weighted by Gasteiger charge is -2.23. The van der Waals surface area contributed by atoms with E-state index in [-0.39, 0.29) is 11.3 Å². The molecule has 0 saturated heterocycles. The van der Waals surface area contributed by atoms with E-state index in [0.717, 1.165) is 0 Å². The van der Waals surface area contributed by atoms with Crippen LogP contribution in [0.15, 0.2) is 18.2 Å². The van der Waals surface area contributed by atoms with Crippen LogP contribution >= 0.6 is 0 Å². The Kier molecular flexibility index (Phi) is 3.08. The molecule has 14 heavy (non-hydrogen) atoms. The minimum absolute atomic E-state index is 0.0231. The summed E-state index contributed by atoms with van der Waals surface area (Å²) in [5.41, 5.74) is -1.65. The topological polar surface area (TPSA) is 49.7 Å². The van der Waals surface area contributed by atoms with E-state index >= 15 is 0 Å². The van der Waals surface area contributed by atoms with Gasteiger partial charge in [-0.05, 0) is 19.1 Å². The van der Waals surface area contributed by atoms with Crippen LogP contribution in [0.2, 0.25) is 0 Å². The van der Waals surface area contributed by atoms with Gasteiger partial charge in [0.1, 0.15) is 17.2 Å². The van der Waals surface area contributed by atoms with Crippen molar-refractivity contribution in [2.75, 3.05) is 13.7 Å². The van der Waals surface area contributed by atoms with Gasteiger partial charge in [0.25, 0.3) is 0 Å². The van der Waals surface area contributed by atoms with E-state index in [1.807, 2.05) is 0 Å². The first-order valence-electron chi connectivity index (χ1n) is 4.19. The van der Waals surface area contributed by atoms with Crippen molar-refractivity contribution in [2.24, 2.45) is 0 Å². The van der Waals surface area contributed by atoms with Gasteiger partial charge in [-0.3, -0.25) is 0 Å². The molecule has 1 unspecified atom stereocenters. The summed E-state index contributed by atoms with van der Waals surface area (Å²) < 4.78 is 18.3. The Morgan fingerprint density at radius 3 is 2.64 bits per heavy atom. The van der Waals surface area contributed by atoms with E-state index in [2.05, 4.69) is 0 Å². The molecule has 0 bridgehead atoms. The van der Waals surface area contributed by atoms with Gasteiger partial charge in [-0.25, -0.2) is 4.39 Å². The van der Waals surface area contributed by atoms with Gasteiger partial charge >= 0.3 is 0 Å². The van der Waals surface area contributed by atoms with Gasteiger partial charge in [0.15, 0.2) is 0 Å². The second kappa shape index (κ2) is 3.94. The molecule has 0 aliphatic carbocycles. The Labute approximate surface area is 81.8 Å². The molecule has 0 aromatic heterocycles. The molecule has 2 N–H and O–H groups in total. The van der Waals surface area contributed by atoms with Crippen molar-refractivity contribution in [3.63, 3.8) is 0 Å². The van der Waals surface area contributed by atoms with Gasteiger partial charge < -0.3 is 14.9 Å². The maximum atomic E-state index is 13.4. The van der Waals surface area contributed by atoms with Crippen molar-refractivity contribution < 1.29 is 19.3 Å². The Morgan fingerprint density at radius 2 is 2.14 bits per heavy atom. The van der Waals surface area contributed by atoms with Gasteiger partial charge in [0.2, 0.25) is 0 Å². The van der Waals surface area contributed by atoms with Crippen molar-refractivity contribution in [1.82, 2.24) is 0 Å². The maximum Gasteiger partial charge on any atom is 0.133 e. The normalized spacial score (nSPS) is 14.9. The molecule has 1 aromatic rings. The van der Waals surface area contributed by atoms with Crippen molar-refractivity contribution in [2.45, 2.75) is 12.5 Å². The van der Waals surface area contributed by atoms with Crippen LogP contribution in [0.1, 0.15) is 12.5 Å². The molecule has 0 radical (unpaired) electrons. The van der Waals surface area contributed by atoms with Crippen LogP contribution in [0.5, 0.6) is 5.75 Å². The van der Waals surface area contributed by atoms with Gasteiger partial charge in [0, 0.05) is 0 Å². The van der Waals surface area contributed by atoms with Gasteiger partial charge in [-0.1, -0.05) is 6.07 Å². The third-order valence-electron chi connectivity index (χ3n) is 2.04. The molecule has 0 aliphatic heterocycles. The summed E-state index contributed by atoms with van der Waals surface area (Å²) in [6.07, 6.45) is 0. The molecular formula is C10H13FO3.